The molecule has 1 saturated carbocycles. The van der Waals surface area contributed by atoms with Gasteiger partial charge < -0.3 is 5.32 Å². The second-order valence-corrected chi connectivity index (χ2v) is 5.06. The number of aromatic nitrogens is 2. The van der Waals surface area contributed by atoms with Crippen molar-refractivity contribution in [3.8, 4) is 0 Å². The number of rotatable bonds is 5. The van der Waals surface area contributed by atoms with E-state index in [0.717, 1.165) is 12.5 Å². The van der Waals surface area contributed by atoms with Crippen LogP contribution in [0.25, 0.3) is 0 Å². The largest absolute Gasteiger partial charge is 0.368 e. The first-order valence-electron chi connectivity index (χ1n) is 5.95. The lowest BCUT2D eigenvalue weighted by atomic mass is 10.2. The molecule has 84 valence electrons. The third kappa shape index (κ3) is 2.74. The maximum absolute atomic E-state index is 4.34. The minimum absolute atomic E-state index is 0.590. The highest BCUT2D eigenvalue weighted by Crippen LogP contribution is 2.33. The smallest absolute Gasteiger partial charge is 0.124 e. The Labute approximate surface area is 91.9 Å². The Balaban J connectivity index is 1.97. The van der Waals surface area contributed by atoms with Gasteiger partial charge in [0, 0.05) is 18.7 Å². The quantitative estimate of drug-likeness (QED) is 0.804. The van der Waals surface area contributed by atoms with Crippen molar-refractivity contribution in [3.63, 3.8) is 0 Å². The highest BCUT2D eigenvalue weighted by Gasteiger charge is 2.28. The number of anilines is 1. The Bertz CT molecular complexity index is 312. The zero-order valence-corrected chi connectivity index (χ0v) is 9.90. The van der Waals surface area contributed by atoms with Crippen molar-refractivity contribution in [1.82, 2.24) is 9.78 Å². The molecule has 3 nitrogen and oxygen atoms in total. The van der Waals surface area contributed by atoms with Crippen LogP contribution in [0.1, 0.15) is 33.6 Å². The molecule has 3 heteroatoms. The lowest BCUT2D eigenvalue weighted by Gasteiger charge is -2.16. The molecule has 1 aromatic heterocycles. The van der Waals surface area contributed by atoms with E-state index in [1.165, 1.54) is 18.7 Å². The maximum atomic E-state index is 4.34. The number of hydrogen-bond donors (Lipinski definition) is 1. The summed E-state index contributed by atoms with van der Waals surface area (Å²) in [5.74, 6) is 2.69. The van der Waals surface area contributed by atoms with Gasteiger partial charge in [0.15, 0.2) is 0 Å². The Kier molecular flexibility index (Phi) is 2.98. The topological polar surface area (TPSA) is 29.9 Å². The zero-order chi connectivity index (χ0) is 10.8. The number of hydrogen-bond acceptors (Lipinski definition) is 2. The first kappa shape index (κ1) is 10.5. The van der Waals surface area contributed by atoms with Crippen molar-refractivity contribution in [2.24, 2.45) is 11.8 Å². The summed E-state index contributed by atoms with van der Waals surface area (Å²) in [6, 6.07) is 2.66. The van der Waals surface area contributed by atoms with E-state index >= 15 is 0 Å². The van der Waals surface area contributed by atoms with Gasteiger partial charge in [-0.05, 0) is 31.6 Å². The minimum atomic E-state index is 0.590. The molecule has 0 aliphatic heterocycles. The molecule has 0 aromatic carbocycles. The van der Waals surface area contributed by atoms with Crippen LogP contribution < -0.4 is 5.32 Å². The van der Waals surface area contributed by atoms with Crippen molar-refractivity contribution in [3.05, 3.63) is 12.3 Å². The van der Waals surface area contributed by atoms with Gasteiger partial charge in [0.05, 0.1) is 6.20 Å². The summed E-state index contributed by atoms with van der Waals surface area (Å²) in [5, 5.41) is 7.90. The fourth-order valence-corrected chi connectivity index (χ4v) is 1.89. The average molecular weight is 207 g/mol. The standard InChI is InChI=1S/C12H21N3/c1-9(2)8-15-12(6-7-13-15)14-10(3)11-4-5-11/h6-7,9-11,14H,4-5,8H2,1-3H3. The highest BCUT2D eigenvalue weighted by atomic mass is 15.3. The summed E-state index contributed by atoms with van der Waals surface area (Å²) in [7, 11) is 0. The third-order valence-corrected chi connectivity index (χ3v) is 2.96. The van der Waals surface area contributed by atoms with E-state index in [1.54, 1.807) is 0 Å². The lowest BCUT2D eigenvalue weighted by molar-refractivity contribution is 0.484. The molecule has 0 radical (unpaired) electrons. The molecule has 0 bridgehead atoms. The summed E-state index contributed by atoms with van der Waals surface area (Å²) in [6.07, 6.45) is 4.64. The molecule has 15 heavy (non-hydrogen) atoms. The third-order valence-electron chi connectivity index (χ3n) is 2.96. The lowest BCUT2D eigenvalue weighted by Crippen LogP contribution is -2.20. The van der Waals surface area contributed by atoms with Gasteiger partial charge in [-0.2, -0.15) is 5.10 Å². The first-order valence-corrected chi connectivity index (χ1v) is 5.95. The van der Waals surface area contributed by atoms with Crippen LogP contribution in [-0.4, -0.2) is 15.8 Å². The zero-order valence-electron chi connectivity index (χ0n) is 9.90. The van der Waals surface area contributed by atoms with E-state index < -0.39 is 0 Å². The molecule has 0 spiro atoms. The Morgan fingerprint density at radius 1 is 1.47 bits per heavy atom. The van der Waals surface area contributed by atoms with Crippen LogP contribution in [0.2, 0.25) is 0 Å². The van der Waals surface area contributed by atoms with Crippen LogP contribution in [0.4, 0.5) is 5.82 Å². The van der Waals surface area contributed by atoms with E-state index in [2.05, 4.69) is 41.9 Å². The summed E-state index contributed by atoms with van der Waals surface area (Å²) in [4.78, 5) is 0. The molecule has 0 amide bonds. The van der Waals surface area contributed by atoms with Gasteiger partial charge in [0.25, 0.3) is 0 Å². The van der Waals surface area contributed by atoms with Gasteiger partial charge in [0.2, 0.25) is 0 Å². The predicted octanol–water partition coefficient (Wildman–Crippen LogP) is 2.75. The Morgan fingerprint density at radius 2 is 2.20 bits per heavy atom. The van der Waals surface area contributed by atoms with E-state index in [0.29, 0.717) is 12.0 Å². The average Bonchev–Trinajstić information content (AvgIpc) is 2.92. The normalized spacial score (nSPS) is 18.1. The van der Waals surface area contributed by atoms with Crippen LogP contribution in [-0.2, 0) is 6.54 Å². The van der Waals surface area contributed by atoms with E-state index in [-0.39, 0.29) is 0 Å². The van der Waals surface area contributed by atoms with Crippen molar-refractivity contribution < 1.29 is 0 Å². The minimum Gasteiger partial charge on any atom is -0.368 e. The second-order valence-electron chi connectivity index (χ2n) is 5.06. The van der Waals surface area contributed by atoms with Crippen LogP contribution in [0.3, 0.4) is 0 Å². The SMILES string of the molecule is CC(C)Cn1nccc1NC(C)C1CC1. The molecule has 1 aromatic rings. The molecule has 1 fully saturated rings. The second kappa shape index (κ2) is 4.25. The molecule has 1 unspecified atom stereocenters. The van der Waals surface area contributed by atoms with Crippen molar-refractivity contribution >= 4 is 5.82 Å². The van der Waals surface area contributed by atoms with Gasteiger partial charge in [-0.25, -0.2) is 4.68 Å². The van der Waals surface area contributed by atoms with Gasteiger partial charge in [-0.3, -0.25) is 0 Å². The molecular formula is C12H21N3. The van der Waals surface area contributed by atoms with E-state index in [9.17, 15) is 0 Å². The molecular weight excluding hydrogens is 186 g/mol. The monoisotopic (exact) mass is 207 g/mol. The Morgan fingerprint density at radius 3 is 2.80 bits per heavy atom. The first-order chi connectivity index (χ1) is 7.16. The molecule has 1 heterocycles. The van der Waals surface area contributed by atoms with E-state index in [1.807, 2.05) is 6.20 Å². The summed E-state index contributed by atoms with van der Waals surface area (Å²) in [5.41, 5.74) is 0. The molecule has 0 saturated heterocycles. The highest BCUT2D eigenvalue weighted by molar-refractivity contribution is 5.35. The summed E-state index contributed by atoms with van der Waals surface area (Å²) in [6.45, 7) is 7.70. The predicted molar refractivity (Wildman–Crippen MR) is 62.9 cm³/mol. The molecule has 2 rings (SSSR count). The molecule has 1 atom stereocenters. The van der Waals surface area contributed by atoms with Crippen LogP contribution in [0.5, 0.6) is 0 Å². The van der Waals surface area contributed by atoms with Gasteiger partial charge in [-0.15, -0.1) is 0 Å². The maximum Gasteiger partial charge on any atom is 0.124 e. The van der Waals surface area contributed by atoms with Crippen LogP contribution in [0.15, 0.2) is 12.3 Å². The summed E-state index contributed by atoms with van der Waals surface area (Å²) < 4.78 is 2.07. The fourth-order valence-electron chi connectivity index (χ4n) is 1.89. The van der Waals surface area contributed by atoms with Crippen molar-refractivity contribution in [1.29, 1.82) is 0 Å². The van der Waals surface area contributed by atoms with Crippen LogP contribution in [0, 0.1) is 11.8 Å². The molecule has 1 N–H and O–H groups in total. The Hall–Kier alpha value is -0.990. The molecule has 1 aliphatic rings. The number of nitrogens with one attached hydrogen (secondary N) is 1. The van der Waals surface area contributed by atoms with Gasteiger partial charge in [-0.1, -0.05) is 13.8 Å². The molecule has 1 aliphatic carbocycles. The summed E-state index contributed by atoms with van der Waals surface area (Å²) >= 11 is 0. The van der Waals surface area contributed by atoms with Gasteiger partial charge in [0.1, 0.15) is 5.82 Å². The number of nitrogens with zero attached hydrogens (tertiary/aromatic N) is 2. The fraction of sp³-hybridized carbons (Fsp3) is 0.750. The van der Waals surface area contributed by atoms with Crippen molar-refractivity contribution in [2.75, 3.05) is 5.32 Å². The van der Waals surface area contributed by atoms with Crippen LogP contribution >= 0.6 is 0 Å². The van der Waals surface area contributed by atoms with Crippen molar-refractivity contribution in [2.45, 2.75) is 46.2 Å². The van der Waals surface area contributed by atoms with E-state index in [4.69, 9.17) is 0 Å². The van der Waals surface area contributed by atoms with Gasteiger partial charge >= 0.3 is 0 Å².